The van der Waals surface area contributed by atoms with Crippen molar-refractivity contribution in [1.29, 1.82) is 0 Å². The van der Waals surface area contributed by atoms with E-state index in [1.165, 1.54) is 6.07 Å². The van der Waals surface area contributed by atoms with Crippen LogP contribution in [0.4, 0.5) is 24.8 Å². The number of nitrogens with one attached hydrogen (secondary N) is 1. The van der Waals surface area contributed by atoms with Crippen LogP contribution in [-0.4, -0.2) is 54.7 Å². The summed E-state index contributed by atoms with van der Waals surface area (Å²) in [5, 5.41) is 22.1. The van der Waals surface area contributed by atoms with Crippen molar-refractivity contribution in [3.8, 4) is 0 Å². The Morgan fingerprint density at radius 1 is 1.21 bits per heavy atom. The van der Waals surface area contributed by atoms with Crippen LogP contribution in [0.1, 0.15) is 37.0 Å². The van der Waals surface area contributed by atoms with E-state index in [0.717, 1.165) is 42.4 Å². The Morgan fingerprint density at radius 3 is 2.63 bits per heavy atom. The van der Waals surface area contributed by atoms with Crippen molar-refractivity contribution in [3.05, 3.63) is 51.7 Å². The third-order valence-corrected chi connectivity index (χ3v) is 6.98. The van der Waals surface area contributed by atoms with Gasteiger partial charge >= 0.3 is 6.18 Å². The van der Waals surface area contributed by atoms with Gasteiger partial charge in [-0.15, -0.1) is 0 Å². The largest absolute Gasteiger partial charge is 0.418 e. The molecule has 5 rings (SSSR count). The summed E-state index contributed by atoms with van der Waals surface area (Å²) < 4.78 is 50.5. The van der Waals surface area contributed by atoms with E-state index in [0.29, 0.717) is 10.1 Å². The van der Waals surface area contributed by atoms with Crippen LogP contribution < -0.4 is 16.2 Å². The van der Waals surface area contributed by atoms with Gasteiger partial charge in [0.15, 0.2) is 6.10 Å². The molecule has 5 N–H and O–H groups in total. The van der Waals surface area contributed by atoms with Gasteiger partial charge in [-0.3, -0.25) is 14.5 Å². The van der Waals surface area contributed by atoms with Gasteiger partial charge in [-0.25, -0.2) is 9.97 Å². The average Bonchev–Trinajstić information content (AvgIpc) is 3.22. The SMILES string of the molecule is CC(C)(O)c1nc(N2CCO[C@H](C(O)c3nc4ccc5c(N)nsc5c4c(=O)[nH]3)C2=O)ccc1C(F)(F)F. The molecular weight excluding hydrogens is 529 g/mol. The number of nitrogen functional groups attached to an aromatic ring is 1. The molecule has 4 heterocycles. The number of fused-ring (bicyclic) bond motifs is 3. The Bertz CT molecular complexity index is 1630. The Balaban J connectivity index is 1.49. The molecule has 1 fully saturated rings. The fourth-order valence-electron chi connectivity index (χ4n) is 4.30. The van der Waals surface area contributed by atoms with Crippen molar-refractivity contribution in [2.75, 3.05) is 23.8 Å². The second kappa shape index (κ2) is 8.97. The number of aromatic nitrogens is 4. The number of pyridine rings is 1. The van der Waals surface area contributed by atoms with E-state index in [1.807, 2.05) is 0 Å². The van der Waals surface area contributed by atoms with Crippen LogP contribution in [0.25, 0.3) is 21.0 Å². The van der Waals surface area contributed by atoms with Gasteiger partial charge < -0.3 is 25.7 Å². The number of amides is 1. The lowest BCUT2D eigenvalue weighted by atomic mass is 9.98. The number of aromatic amines is 1. The molecule has 0 spiro atoms. The quantitative estimate of drug-likeness (QED) is 0.298. The van der Waals surface area contributed by atoms with Gasteiger partial charge in [-0.1, -0.05) is 0 Å². The number of H-pyrrole nitrogens is 1. The summed E-state index contributed by atoms with van der Waals surface area (Å²) in [6.07, 6.45) is -8.03. The fourth-order valence-corrected chi connectivity index (χ4v) is 5.15. The van der Waals surface area contributed by atoms with Crippen molar-refractivity contribution in [2.24, 2.45) is 0 Å². The highest BCUT2D eigenvalue weighted by Crippen LogP contribution is 2.37. The minimum Gasteiger partial charge on any atom is -0.384 e. The lowest BCUT2D eigenvalue weighted by Crippen LogP contribution is -2.51. The van der Waals surface area contributed by atoms with Crippen molar-refractivity contribution in [1.82, 2.24) is 19.3 Å². The monoisotopic (exact) mass is 550 g/mol. The van der Waals surface area contributed by atoms with Crippen LogP contribution >= 0.6 is 11.5 Å². The normalized spacial score (nSPS) is 17.9. The number of alkyl halides is 3. The topological polar surface area (TPSA) is 168 Å². The molecule has 1 saturated heterocycles. The Hall–Kier alpha value is -3.66. The van der Waals surface area contributed by atoms with Gasteiger partial charge in [0.1, 0.15) is 29.2 Å². The summed E-state index contributed by atoms with van der Waals surface area (Å²) in [6.45, 7) is 2.14. The minimum atomic E-state index is -4.78. The molecule has 4 aromatic rings. The molecule has 0 aliphatic carbocycles. The maximum absolute atomic E-state index is 13.5. The molecule has 1 aliphatic rings. The van der Waals surface area contributed by atoms with Crippen molar-refractivity contribution >= 4 is 50.1 Å². The first-order valence-corrected chi connectivity index (χ1v) is 12.0. The van der Waals surface area contributed by atoms with Crippen molar-refractivity contribution < 1.29 is 32.9 Å². The second-order valence-corrected chi connectivity index (χ2v) is 9.98. The highest BCUT2D eigenvalue weighted by Gasteiger charge is 2.41. The molecule has 1 amide bonds. The molecule has 38 heavy (non-hydrogen) atoms. The maximum atomic E-state index is 13.5. The Kier molecular flexibility index (Phi) is 6.13. The standard InChI is InChI=1S/C23H21F3N6O5S/c1-22(2,36)17-10(23(24,25)26)4-6-12(29-17)32-7-8-37-15(21(32)35)14(33)19-28-11-5-3-9-16(38-31-18(9)27)13(11)20(34)30-19/h3-6,14-15,33,36H,7-8H2,1-2H3,(H2,27,31)(H,28,30,34)/t14?,15-/m1/s1. The third-order valence-electron chi connectivity index (χ3n) is 6.09. The zero-order valence-corrected chi connectivity index (χ0v) is 20.7. The zero-order valence-electron chi connectivity index (χ0n) is 19.9. The molecular formula is C23H21F3N6O5S. The van der Waals surface area contributed by atoms with Crippen LogP contribution in [0.3, 0.4) is 0 Å². The summed E-state index contributed by atoms with van der Waals surface area (Å²) in [5.41, 5.74) is 1.72. The fraction of sp³-hybridized carbons (Fsp3) is 0.348. The number of nitrogens with zero attached hydrogens (tertiary/aromatic N) is 4. The number of benzene rings is 1. The van der Waals surface area contributed by atoms with E-state index in [4.69, 9.17) is 10.5 Å². The minimum absolute atomic E-state index is 0.0713. The van der Waals surface area contributed by atoms with Crippen molar-refractivity contribution in [2.45, 2.75) is 37.8 Å². The number of carbonyl (C=O) groups is 1. The number of hydrogen-bond acceptors (Lipinski definition) is 10. The molecule has 1 unspecified atom stereocenters. The van der Waals surface area contributed by atoms with Gasteiger partial charge in [-0.05, 0) is 49.6 Å². The van der Waals surface area contributed by atoms with Crippen LogP contribution in [0, 0.1) is 0 Å². The predicted octanol–water partition coefficient (Wildman–Crippen LogP) is 2.22. The number of aliphatic hydroxyl groups excluding tert-OH is 1. The van der Waals surface area contributed by atoms with Crippen LogP contribution in [0.5, 0.6) is 0 Å². The highest BCUT2D eigenvalue weighted by molar-refractivity contribution is 7.14. The number of anilines is 2. The van der Waals surface area contributed by atoms with E-state index in [1.54, 1.807) is 6.07 Å². The molecule has 0 radical (unpaired) electrons. The van der Waals surface area contributed by atoms with Crippen LogP contribution in [-0.2, 0) is 21.3 Å². The maximum Gasteiger partial charge on any atom is 0.418 e. The molecule has 0 saturated carbocycles. The highest BCUT2D eigenvalue weighted by atomic mass is 32.1. The first-order valence-electron chi connectivity index (χ1n) is 11.3. The molecule has 1 aromatic carbocycles. The number of halogens is 3. The summed E-state index contributed by atoms with van der Waals surface area (Å²) >= 11 is 1.03. The predicted molar refractivity (Wildman–Crippen MR) is 131 cm³/mol. The van der Waals surface area contributed by atoms with E-state index in [2.05, 4.69) is 19.3 Å². The van der Waals surface area contributed by atoms with E-state index in [9.17, 15) is 33.0 Å². The first kappa shape index (κ1) is 26.0. The number of nitrogens with two attached hydrogens (primary N) is 1. The van der Waals surface area contributed by atoms with Gasteiger partial charge in [0, 0.05) is 5.39 Å². The van der Waals surface area contributed by atoms with Gasteiger partial charge in [-0.2, -0.15) is 17.5 Å². The summed E-state index contributed by atoms with van der Waals surface area (Å²) in [7, 11) is 0. The molecule has 200 valence electrons. The molecule has 0 bridgehead atoms. The molecule has 15 heteroatoms. The van der Waals surface area contributed by atoms with E-state index in [-0.39, 0.29) is 41.5 Å². The van der Waals surface area contributed by atoms with Crippen LogP contribution in [0.2, 0.25) is 0 Å². The summed E-state index contributed by atoms with van der Waals surface area (Å²) in [4.78, 5) is 37.9. The molecule has 1 aliphatic heterocycles. The average molecular weight is 551 g/mol. The Morgan fingerprint density at radius 2 is 1.95 bits per heavy atom. The number of hydrogen-bond donors (Lipinski definition) is 4. The number of rotatable bonds is 4. The van der Waals surface area contributed by atoms with Gasteiger partial charge in [0.05, 0.1) is 40.0 Å². The first-order chi connectivity index (χ1) is 17.8. The van der Waals surface area contributed by atoms with Crippen molar-refractivity contribution in [3.63, 3.8) is 0 Å². The second-order valence-electron chi connectivity index (χ2n) is 9.20. The molecule has 2 atom stereocenters. The number of carbonyl (C=O) groups excluding carboxylic acids is 1. The number of morpholine rings is 1. The van der Waals surface area contributed by atoms with Crippen LogP contribution in [0.15, 0.2) is 29.1 Å². The van der Waals surface area contributed by atoms with Gasteiger partial charge in [0.2, 0.25) is 0 Å². The number of aliphatic hydroxyl groups is 2. The van der Waals surface area contributed by atoms with E-state index < -0.39 is 46.7 Å². The lowest BCUT2D eigenvalue weighted by Gasteiger charge is -2.34. The molecule has 11 nitrogen and oxygen atoms in total. The van der Waals surface area contributed by atoms with Gasteiger partial charge in [0.25, 0.3) is 11.5 Å². The summed E-state index contributed by atoms with van der Waals surface area (Å²) in [6, 6.07) is 4.92. The number of ether oxygens (including phenoxy) is 1. The molecule has 3 aromatic heterocycles. The Labute approximate surface area is 215 Å². The third kappa shape index (κ3) is 4.36. The lowest BCUT2D eigenvalue weighted by molar-refractivity contribution is -0.143. The van der Waals surface area contributed by atoms with E-state index >= 15 is 0 Å². The smallest absolute Gasteiger partial charge is 0.384 e. The zero-order chi connectivity index (χ0) is 27.6. The summed E-state index contributed by atoms with van der Waals surface area (Å²) in [5.74, 6) is -0.949.